The molecule has 3 aromatic carbocycles. The van der Waals surface area contributed by atoms with E-state index in [-0.39, 0.29) is 23.8 Å². The summed E-state index contributed by atoms with van der Waals surface area (Å²) in [6.45, 7) is 0.291. The third kappa shape index (κ3) is 6.47. The fourth-order valence-electron chi connectivity index (χ4n) is 3.63. The molecule has 3 aromatic rings. The number of amides is 2. The van der Waals surface area contributed by atoms with Gasteiger partial charge in [0.25, 0.3) is 0 Å². The summed E-state index contributed by atoms with van der Waals surface area (Å²) in [5, 5.41) is 11.6. The van der Waals surface area contributed by atoms with E-state index in [4.69, 9.17) is 14.6 Å². The minimum Gasteiger partial charge on any atom is -0.497 e. The van der Waals surface area contributed by atoms with Crippen molar-refractivity contribution in [1.82, 2.24) is 4.90 Å². The Morgan fingerprint density at radius 3 is 2.11 bits per heavy atom. The second-order valence-corrected chi connectivity index (χ2v) is 9.28. The lowest BCUT2D eigenvalue weighted by Gasteiger charge is -2.17. The van der Waals surface area contributed by atoms with E-state index in [0.717, 1.165) is 5.56 Å². The van der Waals surface area contributed by atoms with Gasteiger partial charge in [0.05, 0.1) is 32.0 Å². The van der Waals surface area contributed by atoms with Gasteiger partial charge in [-0.3, -0.25) is 14.5 Å². The third-order valence-electron chi connectivity index (χ3n) is 5.60. The van der Waals surface area contributed by atoms with Gasteiger partial charge in [0.1, 0.15) is 16.7 Å². The first kappa shape index (κ1) is 25.8. The number of carboxylic acids is 1. The van der Waals surface area contributed by atoms with E-state index in [0.29, 0.717) is 34.6 Å². The number of anilines is 1. The number of benzene rings is 3. The van der Waals surface area contributed by atoms with Crippen molar-refractivity contribution in [1.29, 1.82) is 0 Å². The van der Waals surface area contributed by atoms with Gasteiger partial charge in [-0.15, -0.1) is 0 Å². The highest BCUT2D eigenvalue weighted by molar-refractivity contribution is 8.15. The molecule has 0 bridgehead atoms. The average Bonchev–Trinajstić information content (AvgIpc) is 3.18. The maximum atomic E-state index is 13.4. The van der Waals surface area contributed by atoms with Crippen LogP contribution in [0.1, 0.15) is 22.3 Å². The van der Waals surface area contributed by atoms with Crippen LogP contribution in [0.25, 0.3) is 0 Å². The van der Waals surface area contributed by atoms with Crippen molar-refractivity contribution < 1.29 is 29.0 Å². The fourth-order valence-corrected chi connectivity index (χ4v) is 4.78. The summed E-state index contributed by atoms with van der Waals surface area (Å²) in [6, 6.07) is 20.4. The number of amidine groups is 1. The van der Waals surface area contributed by atoms with Gasteiger partial charge in [-0.25, -0.2) is 9.79 Å². The van der Waals surface area contributed by atoms with Gasteiger partial charge in [0.15, 0.2) is 5.17 Å². The molecule has 2 N–H and O–H groups in total. The highest BCUT2D eigenvalue weighted by atomic mass is 32.2. The van der Waals surface area contributed by atoms with Gasteiger partial charge in [-0.05, 0) is 66.2 Å². The number of nitrogens with zero attached hydrogens (tertiary/aromatic N) is 2. The van der Waals surface area contributed by atoms with E-state index in [2.05, 4.69) is 10.3 Å². The molecule has 1 unspecified atom stereocenters. The third-order valence-corrected chi connectivity index (χ3v) is 6.78. The number of methoxy groups -OCH3 is 2. The van der Waals surface area contributed by atoms with Crippen LogP contribution in [0.2, 0.25) is 0 Å². The fraction of sp³-hybridized carbons (Fsp3) is 0.185. The largest absolute Gasteiger partial charge is 0.497 e. The zero-order valence-corrected chi connectivity index (χ0v) is 21.0. The molecule has 10 heteroatoms. The molecule has 1 saturated heterocycles. The lowest BCUT2D eigenvalue weighted by molar-refractivity contribution is -0.128. The molecule has 1 aliphatic heterocycles. The smallest absolute Gasteiger partial charge is 0.335 e. The molecule has 1 fully saturated rings. The molecule has 1 heterocycles. The van der Waals surface area contributed by atoms with Crippen LogP contribution in [0.4, 0.5) is 11.4 Å². The number of carbonyl (C=O) groups excluding carboxylic acids is 2. The van der Waals surface area contributed by atoms with Crippen molar-refractivity contribution in [3.8, 4) is 11.5 Å². The van der Waals surface area contributed by atoms with Gasteiger partial charge in [-0.2, -0.15) is 0 Å². The van der Waals surface area contributed by atoms with Gasteiger partial charge < -0.3 is 19.9 Å². The molecule has 0 saturated carbocycles. The van der Waals surface area contributed by atoms with E-state index in [1.54, 1.807) is 43.4 Å². The SMILES string of the molecule is COc1ccc(CN2C(=O)C(CC(=O)Nc3ccc(C(=O)O)cc3)SC2=Nc2ccc(OC)cc2)cc1. The summed E-state index contributed by atoms with van der Waals surface area (Å²) >= 11 is 1.24. The zero-order chi connectivity index (χ0) is 26.4. The minimum absolute atomic E-state index is 0.0646. The summed E-state index contributed by atoms with van der Waals surface area (Å²) < 4.78 is 10.4. The standard InChI is InChI=1S/C27H25N3O6S/c1-35-21-11-3-17(4-12-21)16-30-25(32)23(37-27(30)29-20-9-13-22(36-2)14-10-20)15-24(31)28-19-7-5-18(6-8-19)26(33)34/h3-14,23H,15-16H2,1-2H3,(H,28,31)(H,33,34). The van der Waals surface area contributed by atoms with Crippen LogP contribution < -0.4 is 14.8 Å². The van der Waals surface area contributed by atoms with Gasteiger partial charge in [0, 0.05) is 12.1 Å². The Bertz CT molecular complexity index is 1310. The average molecular weight is 520 g/mol. The number of rotatable bonds is 9. The van der Waals surface area contributed by atoms with Crippen LogP contribution in [-0.4, -0.2) is 52.4 Å². The van der Waals surface area contributed by atoms with E-state index in [1.165, 1.54) is 36.0 Å². The number of carboxylic acid groups (broad SMARTS) is 1. The lowest BCUT2D eigenvalue weighted by Crippen LogP contribution is -2.33. The molecule has 190 valence electrons. The number of thioether (sulfide) groups is 1. The van der Waals surface area contributed by atoms with E-state index < -0.39 is 11.2 Å². The second kappa shape index (κ2) is 11.6. The molecule has 0 radical (unpaired) electrons. The molecule has 0 aromatic heterocycles. The van der Waals surface area contributed by atoms with Crippen LogP contribution in [0, 0.1) is 0 Å². The zero-order valence-electron chi connectivity index (χ0n) is 20.2. The number of hydrogen-bond donors (Lipinski definition) is 2. The first-order chi connectivity index (χ1) is 17.9. The summed E-state index contributed by atoms with van der Waals surface area (Å²) in [6.07, 6.45) is -0.0646. The Morgan fingerprint density at radius 1 is 0.946 bits per heavy atom. The molecule has 9 nitrogen and oxygen atoms in total. The van der Waals surface area contributed by atoms with E-state index >= 15 is 0 Å². The summed E-state index contributed by atoms with van der Waals surface area (Å²) in [5.74, 6) is -0.219. The van der Waals surface area contributed by atoms with E-state index in [1.807, 2.05) is 24.3 Å². The van der Waals surface area contributed by atoms with Gasteiger partial charge in [-0.1, -0.05) is 23.9 Å². The van der Waals surface area contributed by atoms with Crippen LogP contribution >= 0.6 is 11.8 Å². The number of aliphatic imine (C=N–C) groups is 1. The van der Waals surface area contributed by atoms with Gasteiger partial charge >= 0.3 is 5.97 Å². The Labute approximate surface area is 218 Å². The van der Waals surface area contributed by atoms with Crippen LogP contribution in [0.15, 0.2) is 77.8 Å². The van der Waals surface area contributed by atoms with E-state index in [9.17, 15) is 14.4 Å². The van der Waals surface area contributed by atoms with Crippen molar-refractivity contribution in [2.24, 2.45) is 4.99 Å². The number of hydrogen-bond acceptors (Lipinski definition) is 7. The minimum atomic E-state index is -1.05. The molecule has 4 rings (SSSR count). The van der Waals surface area contributed by atoms with Crippen molar-refractivity contribution in [2.75, 3.05) is 19.5 Å². The summed E-state index contributed by atoms with van der Waals surface area (Å²) in [5.41, 5.74) is 2.11. The first-order valence-electron chi connectivity index (χ1n) is 11.3. The Morgan fingerprint density at radius 2 is 1.54 bits per heavy atom. The highest BCUT2D eigenvalue weighted by Crippen LogP contribution is 2.33. The number of ether oxygens (including phenoxy) is 2. The molecule has 1 aliphatic rings. The Hall–Kier alpha value is -4.31. The monoisotopic (exact) mass is 519 g/mol. The quantitative estimate of drug-likeness (QED) is 0.425. The topological polar surface area (TPSA) is 118 Å². The lowest BCUT2D eigenvalue weighted by atomic mass is 10.2. The second-order valence-electron chi connectivity index (χ2n) is 8.11. The molecule has 2 amide bonds. The number of aromatic carboxylic acids is 1. The van der Waals surface area contributed by atoms with Crippen LogP contribution in [0.3, 0.4) is 0 Å². The summed E-state index contributed by atoms with van der Waals surface area (Å²) in [4.78, 5) is 43.4. The first-order valence-corrected chi connectivity index (χ1v) is 12.2. The van der Waals surface area contributed by atoms with Crippen LogP contribution in [0.5, 0.6) is 11.5 Å². The Kier molecular flexibility index (Phi) is 8.09. The number of carbonyl (C=O) groups is 3. The van der Waals surface area contributed by atoms with Gasteiger partial charge in [0.2, 0.25) is 11.8 Å². The highest BCUT2D eigenvalue weighted by Gasteiger charge is 2.39. The normalized spacial score (nSPS) is 16.1. The van der Waals surface area contributed by atoms with Crippen molar-refractivity contribution in [2.45, 2.75) is 18.2 Å². The molecule has 0 spiro atoms. The van der Waals surface area contributed by atoms with Crippen LogP contribution in [-0.2, 0) is 16.1 Å². The molecule has 37 heavy (non-hydrogen) atoms. The predicted octanol–water partition coefficient (Wildman–Crippen LogP) is 4.56. The van der Waals surface area contributed by atoms with Crippen molar-refractivity contribution in [3.05, 3.63) is 83.9 Å². The summed E-state index contributed by atoms with van der Waals surface area (Å²) in [7, 11) is 3.17. The maximum absolute atomic E-state index is 13.4. The molecule has 0 aliphatic carbocycles. The molecular formula is C27H25N3O6S. The maximum Gasteiger partial charge on any atom is 0.335 e. The predicted molar refractivity (Wildman–Crippen MR) is 142 cm³/mol. The van der Waals surface area contributed by atoms with Crippen molar-refractivity contribution >= 4 is 46.1 Å². The van der Waals surface area contributed by atoms with Crippen molar-refractivity contribution in [3.63, 3.8) is 0 Å². The Balaban J connectivity index is 1.52. The molecule has 1 atom stereocenters. The number of nitrogens with one attached hydrogen (secondary N) is 1. The molecular weight excluding hydrogens is 494 g/mol.